The maximum Gasteiger partial charge on any atom is 0.183 e. The Hall–Kier alpha value is -0.160. The van der Waals surface area contributed by atoms with Crippen LogP contribution in [0.5, 0.6) is 0 Å². The van der Waals surface area contributed by atoms with E-state index in [0.717, 1.165) is 0 Å². The van der Waals surface area contributed by atoms with Gasteiger partial charge in [-0.1, -0.05) is 13.8 Å². The van der Waals surface area contributed by atoms with E-state index >= 15 is 0 Å². The van der Waals surface area contributed by atoms with Crippen molar-refractivity contribution >= 4 is 0 Å². The molecule has 0 aromatic carbocycles. The standard InChI is InChI=1S/C10H22O4/c1-9(2)6-13-14-8-11-7-12-10(3,4)5/h9H,6-8H2,1-5H3. The highest BCUT2D eigenvalue weighted by molar-refractivity contribution is 4.56. The Morgan fingerprint density at radius 2 is 1.64 bits per heavy atom. The van der Waals surface area contributed by atoms with Gasteiger partial charge in [0.25, 0.3) is 0 Å². The van der Waals surface area contributed by atoms with E-state index < -0.39 is 0 Å². The van der Waals surface area contributed by atoms with Gasteiger partial charge in [-0.2, -0.15) is 0 Å². The maximum atomic E-state index is 5.30. The van der Waals surface area contributed by atoms with Crippen molar-refractivity contribution in [3.63, 3.8) is 0 Å². The quantitative estimate of drug-likeness (QED) is 0.277. The van der Waals surface area contributed by atoms with Crippen molar-refractivity contribution < 1.29 is 19.2 Å². The number of rotatable bonds is 7. The normalized spacial score (nSPS) is 12.4. The van der Waals surface area contributed by atoms with Crippen molar-refractivity contribution in [1.29, 1.82) is 0 Å². The maximum absolute atomic E-state index is 5.30. The lowest BCUT2D eigenvalue weighted by Crippen LogP contribution is -2.21. The van der Waals surface area contributed by atoms with Gasteiger partial charge in [0.05, 0.1) is 12.2 Å². The first-order valence-electron chi connectivity index (χ1n) is 4.88. The third-order valence-electron chi connectivity index (χ3n) is 1.19. The van der Waals surface area contributed by atoms with E-state index in [-0.39, 0.29) is 19.2 Å². The predicted octanol–water partition coefficient (Wildman–Crippen LogP) is 2.34. The third-order valence-corrected chi connectivity index (χ3v) is 1.19. The third kappa shape index (κ3) is 11.8. The highest BCUT2D eigenvalue weighted by Crippen LogP contribution is 2.05. The molecule has 0 bridgehead atoms. The minimum atomic E-state index is -0.182. The topological polar surface area (TPSA) is 36.9 Å². The number of hydrogen-bond donors (Lipinski definition) is 0. The van der Waals surface area contributed by atoms with Gasteiger partial charge < -0.3 is 9.47 Å². The minimum Gasteiger partial charge on any atom is -0.350 e. The van der Waals surface area contributed by atoms with Crippen LogP contribution in [0.1, 0.15) is 34.6 Å². The van der Waals surface area contributed by atoms with Gasteiger partial charge in [-0.3, -0.25) is 0 Å². The molecule has 86 valence electrons. The second-order valence-corrected chi connectivity index (χ2v) is 4.49. The second kappa shape index (κ2) is 7.17. The van der Waals surface area contributed by atoms with Crippen molar-refractivity contribution in [3.05, 3.63) is 0 Å². The van der Waals surface area contributed by atoms with E-state index in [9.17, 15) is 0 Å². The molecule has 0 aliphatic heterocycles. The van der Waals surface area contributed by atoms with Crippen LogP contribution in [0.4, 0.5) is 0 Å². The first kappa shape index (κ1) is 13.8. The van der Waals surface area contributed by atoms with Crippen LogP contribution in [0, 0.1) is 5.92 Å². The van der Waals surface area contributed by atoms with Crippen molar-refractivity contribution in [2.24, 2.45) is 5.92 Å². The van der Waals surface area contributed by atoms with Crippen molar-refractivity contribution in [2.75, 3.05) is 20.2 Å². The summed E-state index contributed by atoms with van der Waals surface area (Å²) in [5.74, 6) is 0.459. The fraction of sp³-hybridized carbons (Fsp3) is 1.00. The molecule has 14 heavy (non-hydrogen) atoms. The molecule has 0 aromatic heterocycles. The summed E-state index contributed by atoms with van der Waals surface area (Å²) in [4.78, 5) is 9.60. The van der Waals surface area contributed by atoms with Gasteiger partial charge in [0.15, 0.2) is 6.79 Å². The van der Waals surface area contributed by atoms with E-state index in [1.807, 2.05) is 34.6 Å². The molecule has 0 saturated carbocycles. The minimum absolute atomic E-state index is 0.100. The summed E-state index contributed by atoms with van der Waals surface area (Å²) in [5.41, 5.74) is -0.182. The molecular weight excluding hydrogens is 184 g/mol. The van der Waals surface area contributed by atoms with Gasteiger partial charge in [-0.15, -0.1) is 0 Å². The molecule has 4 heteroatoms. The molecule has 0 atom stereocenters. The highest BCUT2D eigenvalue weighted by atomic mass is 17.2. The number of ether oxygens (including phenoxy) is 2. The van der Waals surface area contributed by atoms with E-state index in [2.05, 4.69) is 0 Å². The Morgan fingerprint density at radius 3 is 2.14 bits per heavy atom. The predicted molar refractivity (Wildman–Crippen MR) is 53.5 cm³/mol. The molecule has 0 saturated heterocycles. The van der Waals surface area contributed by atoms with E-state index in [1.54, 1.807) is 0 Å². The van der Waals surface area contributed by atoms with Gasteiger partial charge in [-0.25, -0.2) is 9.78 Å². The lowest BCUT2D eigenvalue weighted by atomic mass is 10.2. The van der Waals surface area contributed by atoms with E-state index in [1.165, 1.54) is 0 Å². The van der Waals surface area contributed by atoms with Crippen LogP contribution < -0.4 is 0 Å². The zero-order valence-electron chi connectivity index (χ0n) is 9.83. The van der Waals surface area contributed by atoms with Gasteiger partial charge >= 0.3 is 0 Å². The van der Waals surface area contributed by atoms with Crippen LogP contribution in [0.25, 0.3) is 0 Å². The molecule has 0 aliphatic carbocycles. The Kier molecular flexibility index (Phi) is 7.09. The van der Waals surface area contributed by atoms with Gasteiger partial charge in [-0.05, 0) is 26.7 Å². The van der Waals surface area contributed by atoms with E-state index in [4.69, 9.17) is 19.2 Å². The van der Waals surface area contributed by atoms with Crippen LogP contribution in [-0.4, -0.2) is 25.8 Å². The summed E-state index contributed by atoms with van der Waals surface area (Å²) in [5, 5.41) is 0. The molecule has 0 N–H and O–H groups in total. The first-order chi connectivity index (χ1) is 6.42. The Morgan fingerprint density at radius 1 is 1.00 bits per heavy atom. The van der Waals surface area contributed by atoms with E-state index in [0.29, 0.717) is 12.5 Å². The van der Waals surface area contributed by atoms with Crippen LogP contribution in [0.3, 0.4) is 0 Å². The fourth-order valence-corrected chi connectivity index (χ4v) is 0.505. The molecule has 0 amide bonds. The summed E-state index contributed by atoms with van der Waals surface area (Å²) >= 11 is 0. The van der Waals surface area contributed by atoms with Crippen LogP contribution in [-0.2, 0) is 19.2 Å². The zero-order valence-corrected chi connectivity index (χ0v) is 9.83. The molecular formula is C10H22O4. The zero-order chi connectivity index (χ0) is 11.0. The first-order valence-corrected chi connectivity index (χ1v) is 4.88. The Labute approximate surface area is 86.4 Å². The lowest BCUT2D eigenvalue weighted by Gasteiger charge is -2.18. The highest BCUT2D eigenvalue weighted by Gasteiger charge is 2.09. The van der Waals surface area contributed by atoms with Gasteiger partial charge in [0.1, 0.15) is 6.79 Å². The average Bonchev–Trinajstić information content (AvgIpc) is 2.00. The SMILES string of the molecule is CC(C)COOCOCOC(C)(C)C. The molecule has 0 rings (SSSR count). The summed E-state index contributed by atoms with van der Waals surface area (Å²) in [6, 6.07) is 0. The summed E-state index contributed by atoms with van der Waals surface area (Å²) in [6.07, 6.45) is 0. The van der Waals surface area contributed by atoms with Crippen molar-refractivity contribution in [2.45, 2.75) is 40.2 Å². The molecule has 0 unspecified atom stereocenters. The van der Waals surface area contributed by atoms with Crippen LogP contribution in [0.2, 0.25) is 0 Å². The molecule has 0 heterocycles. The lowest BCUT2D eigenvalue weighted by molar-refractivity contribution is -0.350. The number of hydrogen-bond acceptors (Lipinski definition) is 4. The molecule has 0 spiro atoms. The molecule has 0 fully saturated rings. The summed E-state index contributed by atoms with van der Waals surface area (Å²) in [6.45, 7) is 10.9. The average molecular weight is 206 g/mol. The molecule has 0 aromatic rings. The summed E-state index contributed by atoms with van der Waals surface area (Å²) in [7, 11) is 0. The van der Waals surface area contributed by atoms with Gasteiger partial charge in [0, 0.05) is 0 Å². The fourth-order valence-electron chi connectivity index (χ4n) is 0.505. The van der Waals surface area contributed by atoms with Crippen LogP contribution in [0.15, 0.2) is 0 Å². The van der Waals surface area contributed by atoms with Crippen LogP contribution >= 0.6 is 0 Å². The second-order valence-electron chi connectivity index (χ2n) is 4.49. The largest absolute Gasteiger partial charge is 0.350 e. The van der Waals surface area contributed by atoms with Gasteiger partial charge in [0.2, 0.25) is 0 Å². The molecule has 4 nitrogen and oxygen atoms in total. The Bertz CT molecular complexity index is 129. The van der Waals surface area contributed by atoms with Crippen molar-refractivity contribution in [3.8, 4) is 0 Å². The Balaban J connectivity index is 3.07. The smallest absolute Gasteiger partial charge is 0.183 e. The van der Waals surface area contributed by atoms with Crippen molar-refractivity contribution in [1.82, 2.24) is 0 Å². The summed E-state index contributed by atoms with van der Waals surface area (Å²) < 4.78 is 10.3. The monoisotopic (exact) mass is 206 g/mol. The molecule has 0 aliphatic rings. The molecule has 0 radical (unpaired) electrons.